The van der Waals surface area contributed by atoms with Gasteiger partial charge in [-0.05, 0) is 38.0 Å². The second kappa shape index (κ2) is 6.65. The molecule has 0 unspecified atom stereocenters. The van der Waals surface area contributed by atoms with Crippen molar-refractivity contribution >= 4 is 34.4 Å². The summed E-state index contributed by atoms with van der Waals surface area (Å²) in [5.74, 6) is 0.123. The SMILES string of the molecule is CCc1c(C(=O)CSc2nc3ccccc3o2)[nH]c(C)c1C(C)=O. The predicted molar refractivity (Wildman–Crippen MR) is 94.0 cm³/mol. The van der Waals surface area contributed by atoms with Crippen LogP contribution in [0.15, 0.2) is 33.9 Å². The summed E-state index contributed by atoms with van der Waals surface area (Å²) in [4.78, 5) is 31.8. The molecular formula is C18H18N2O3S. The smallest absolute Gasteiger partial charge is 0.257 e. The third-order valence-corrected chi connectivity index (χ3v) is 4.70. The molecule has 3 aromatic rings. The van der Waals surface area contributed by atoms with Crippen LogP contribution in [0.1, 0.15) is 46.0 Å². The number of nitrogens with one attached hydrogen (secondary N) is 1. The first-order chi connectivity index (χ1) is 11.5. The number of fused-ring (bicyclic) bond motifs is 1. The van der Waals surface area contributed by atoms with Crippen molar-refractivity contribution in [3.8, 4) is 0 Å². The lowest BCUT2D eigenvalue weighted by Gasteiger charge is -2.02. The molecular weight excluding hydrogens is 324 g/mol. The molecule has 6 heteroatoms. The van der Waals surface area contributed by atoms with Gasteiger partial charge in [0.25, 0.3) is 5.22 Å². The van der Waals surface area contributed by atoms with Gasteiger partial charge >= 0.3 is 0 Å². The van der Waals surface area contributed by atoms with Gasteiger partial charge in [-0.25, -0.2) is 4.98 Å². The number of H-pyrrole nitrogens is 1. The van der Waals surface area contributed by atoms with Crippen LogP contribution in [-0.4, -0.2) is 27.3 Å². The highest BCUT2D eigenvalue weighted by molar-refractivity contribution is 7.99. The topological polar surface area (TPSA) is 76.0 Å². The van der Waals surface area contributed by atoms with E-state index in [2.05, 4.69) is 9.97 Å². The number of oxazole rings is 1. The van der Waals surface area contributed by atoms with Crippen LogP contribution in [0, 0.1) is 6.92 Å². The van der Waals surface area contributed by atoms with E-state index >= 15 is 0 Å². The Morgan fingerprint density at radius 1 is 1.29 bits per heavy atom. The van der Waals surface area contributed by atoms with Crippen molar-refractivity contribution in [3.63, 3.8) is 0 Å². The van der Waals surface area contributed by atoms with Crippen molar-refractivity contribution in [1.29, 1.82) is 0 Å². The largest absolute Gasteiger partial charge is 0.431 e. The minimum absolute atomic E-state index is 0.0220. The molecule has 0 amide bonds. The summed E-state index contributed by atoms with van der Waals surface area (Å²) in [5, 5.41) is 0.470. The van der Waals surface area contributed by atoms with E-state index in [1.54, 1.807) is 0 Å². The molecule has 0 radical (unpaired) electrons. The summed E-state index contributed by atoms with van der Waals surface area (Å²) < 4.78 is 5.61. The number of hydrogen-bond acceptors (Lipinski definition) is 5. The van der Waals surface area contributed by atoms with Gasteiger partial charge in [0.05, 0.1) is 11.4 Å². The van der Waals surface area contributed by atoms with Gasteiger partial charge in [-0.2, -0.15) is 0 Å². The van der Waals surface area contributed by atoms with Gasteiger partial charge in [0.2, 0.25) is 0 Å². The zero-order valence-electron chi connectivity index (χ0n) is 13.8. The lowest BCUT2D eigenvalue weighted by molar-refractivity contribution is 0.101. The molecule has 1 N–H and O–H groups in total. The van der Waals surface area contributed by atoms with E-state index in [9.17, 15) is 9.59 Å². The summed E-state index contributed by atoms with van der Waals surface area (Å²) in [6.45, 7) is 5.29. The first kappa shape index (κ1) is 16.5. The molecule has 0 aliphatic rings. The average Bonchev–Trinajstić information content (AvgIpc) is 3.12. The molecule has 0 aliphatic carbocycles. The Morgan fingerprint density at radius 3 is 2.71 bits per heavy atom. The van der Waals surface area contributed by atoms with Gasteiger partial charge in [-0.15, -0.1) is 0 Å². The summed E-state index contributed by atoms with van der Waals surface area (Å²) in [5.41, 5.74) is 4.17. The summed E-state index contributed by atoms with van der Waals surface area (Å²) >= 11 is 1.26. The molecule has 124 valence electrons. The van der Waals surface area contributed by atoms with Crippen molar-refractivity contribution in [2.45, 2.75) is 32.4 Å². The van der Waals surface area contributed by atoms with E-state index in [-0.39, 0.29) is 17.3 Å². The number of hydrogen-bond donors (Lipinski definition) is 1. The Bertz CT molecular complexity index is 891. The van der Waals surface area contributed by atoms with Crippen molar-refractivity contribution in [1.82, 2.24) is 9.97 Å². The van der Waals surface area contributed by atoms with Gasteiger partial charge < -0.3 is 9.40 Å². The molecule has 0 fully saturated rings. The van der Waals surface area contributed by atoms with E-state index in [1.165, 1.54) is 18.7 Å². The number of carbonyl (C=O) groups excluding carboxylic acids is 2. The van der Waals surface area contributed by atoms with Crippen LogP contribution in [0.3, 0.4) is 0 Å². The number of ketones is 2. The van der Waals surface area contributed by atoms with Crippen LogP contribution in [0.5, 0.6) is 0 Å². The number of para-hydroxylation sites is 2. The number of thioether (sulfide) groups is 1. The fourth-order valence-corrected chi connectivity index (χ4v) is 3.57. The Balaban J connectivity index is 1.80. The van der Waals surface area contributed by atoms with Gasteiger partial charge in [-0.1, -0.05) is 30.8 Å². The van der Waals surface area contributed by atoms with Crippen LogP contribution in [0.2, 0.25) is 0 Å². The third kappa shape index (κ3) is 3.01. The predicted octanol–water partition coefficient (Wildman–Crippen LogP) is 4.20. The van der Waals surface area contributed by atoms with Crippen LogP contribution < -0.4 is 0 Å². The Hall–Kier alpha value is -2.34. The Labute approximate surface area is 143 Å². The molecule has 0 spiro atoms. The fourth-order valence-electron chi connectivity index (χ4n) is 2.86. The standard InChI is InChI=1S/C18H18N2O3S/c1-4-12-16(11(3)21)10(2)19-17(12)14(22)9-24-18-20-13-7-5-6-8-15(13)23-18/h5-8,19H,4,9H2,1-3H3. The first-order valence-electron chi connectivity index (χ1n) is 7.75. The van der Waals surface area contributed by atoms with Crippen molar-refractivity contribution in [2.75, 3.05) is 5.75 Å². The van der Waals surface area contributed by atoms with E-state index in [4.69, 9.17) is 4.42 Å². The highest BCUT2D eigenvalue weighted by Crippen LogP contribution is 2.26. The number of aromatic nitrogens is 2. The molecule has 24 heavy (non-hydrogen) atoms. The fraction of sp³-hybridized carbons (Fsp3) is 0.278. The second-order valence-electron chi connectivity index (χ2n) is 5.55. The normalized spacial score (nSPS) is 11.1. The maximum absolute atomic E-state index is 12.6. The zero-order valence-corrected chi connectivity index (χ0v) is 14.6. The van der Waals surface area contributed by atoms with Gasteiger partial charge in [-0.3, -0.25) is 9.59 Å². The van der Waals surface area contributed by atoms with Crippen LogP contribution in [0.4, 0.5) is 0 Å². The molecule has 0 saturated carbocycles. The maximum Gasteiger partial charge on any atom is 0.257 e. The molecule has 5 nitrogen and oxygen atoms in total. The molecule has 0 saturated heterocycles. The van der Waals surface area contributed by atoms with Crippen molar-refractivity contribution in [3.05, 3.63) is 46.8 Å². The van der Waals surface area contributed by atoms with E-state index in [1.807, 2.05) is 38.1 Å². The van der Waals surface area contributed by atoms with E-state index in [0.29, 0.717) is 28.5 Å². The number of aryl methyl sites for hydroxylation is 1. The summed E-state index contributed by atoms with van der Waals surface area (Å²) in [6, 6.07) is 7.48. The molecule has 1 aromatic carbocycles. The number of Topliss-reactive ketones (excluding diaryl/α,β-unsaturated/α-hetero) is 2. The zero-order chi connectivity index (χ0) is 17.3. The highest BCUT2D eigenvalue weighted by Gasteiger charge is 2.22. The Morgan fingerprint density at radius 2 is 2.04 bits per heavy atom. The lowest BCUT2D eigenvalue weighted by Crippen LogP contribution is -2.07. The molecule has 0 bridgehead atoms. The minimum Gasteiger partial charge on any atom is -0.431 e. The van der Waals surface area contributed by atoms with E-state index < -0.39 is 0 Å². The van der Waals surface area contributed by atoms with Crippen LogP contribution in [0.25, 0.3) is 11.1 Å². The van der Waals surface area contributed by atoms with Gasteiger partial charge in [0.1, 0.15) is 5.52 Å². The van der Waals surface area contributed by atoms with Crippen LogP contribution >= 0.6 is 11.8 Å². The number of nitrogens with zero attached hydrogens (tertiary/aromatic N) is 1. The number of aromatic amines is 1. The lowest BCUT2D eigenvalue weighted by atomic mass is 10.0. The first-order valence-corrected chi connectivity index (χ1v) is 8.73. The van der Waals surface area contributed by atoms with Crippen molar-refractivity contribution < 1.29 is 14.0 Å². The highest BCUT2D eigenvalue weighted by atomic mass is 32.2. The molecule has 0 atom stereocenters. The number of carbonyl (C=O) groups is 2. The monoisotopic (exact) mass is 342 g/mol. The second-order valence-corrected chi connectivity index (χ2v) is 6.47. The third-order valence-electron chi connectivity index (χ3n) is 3.88. The molecule has 2 aromatic heterocycles. The number of rotatable bonds is 6. The van der Waals surface area contributed by atoms with Gasteiger partial charge in [0, 0.05) is 11.3 Å². The summed E-state index contributed by atoms with van der Waals surface area (Å²) in [6.07, 6.45) is 0.633. The van der Waals surface area contributed by atoms with E-state index in [0.717, 1.165) is 16.8 Å². The molecule has 3 rings (SSSR count). The molecule has 0 aliphatic heterocycles. The quantitative estimate of drug-likeness (QED) is 0.536. The minimum atomic E-state index is -0.0605. The molecule has 2 heterocycles. The van der Waals surface area contributed by atoms with Crippen LogP contribution in [-0.2, 0) is 6.42 Å². The van der Waals surface area contributed by atoms with Gasteiger partial charge in [0.15, 0.2) is 17.1 Å². The summed E-state index contributed by atoms with van der Waals surface area (Å²) in [7, 11) is 0. The number of benzene rings is 1. The Kier molecular flexibility index (Phi) is 4.57. The van der Waals surface area contributed by atoms with Crippen molar-refractivity contribution in [2.24, 2.45) is 0 Å². The average molecular weight is 342 g/mol. The maximum atomic E-state index is 12.6.